The Kier molecular flexibility index (Phi) is 8.65. The smallest absolute Gasteiger partial charge is 0.267 e. The summed E-state index contributed by atoms with van der Waals surface area (Å²) in [6.45, 7) is 9.01. The predicted molar refractivity (Wildman–Crippen MR) is 176 cm³/mol. The lowest BCUT2D eigenvalue weighted by Crippen LogP contribution is -2.30. The van der Waals surface area contributed by atoms with Crippen LogP contribution in [0.3, 0.4) is 0 Å². The van der Waals surface area contributed by atoms with Crippen LogP contribution in [0.5, 0.6) is 5.75 Å². The first-order chi connectivity index (χ1) is 20.9. The van der Waals surface area contributed by atoms with E-state index >= 15 is 0 Å². The number of ether oxygens (including phenoxy) is 1. The molecule has 5 aromatic rings. The highest BCUT2D eigenvalue weighted by atomic mass is 32.2. The molecule has 0 fully saturated rings. The lowest BCUT2D eigenvalue weighted by atomic mass is 10.0. The van der Waals surface area contributed by atoms with Gasteiger partial charge in [0.15, 0.2) is 5.16 Å². The van der Waals surface area contributed by atoms with E-state index in [4.69, 9.17) is 9.72 Å². The van der Waals surface area contributed by atoms with Crippen LogP contribution >= 0.6 is 23.1 Å². The Morgan fingerprint density at radius 3 is 2.63 bits per heavy atom. The maximum absolute atomic E-state index is 14.3. The molecule has 1 aliphatic heterocycles. The SMILES string of the molecule is CCOc1ccc(-n2c(SCC(=O)Nc3cc(C)ccc3C)nc3sc4c(c3c2=O)CCN(Cc2ccccc2)C4)cc1. The molecule has 9 heteroatoms. The fourth-order valence-corrected chi connectivity index (χ4v) is 7.54. The van der Waals surface area contributed by atoms with Crippen molar-refractivity contribution < 1.29 is 9.53 Å². The quantitative estimate of drug-likeness (QED) is 0.147. The third-order valence-electron chi connectivity index (χ3n) is 7.58. The second-order valence-corrected chi connectivity index (χ2v) is 12.8. The van der Waals surface area contributed by atoms with Gasteiger partial charge in [-0.1, -0.05) is 54.2 Å². The summed E-state index contributed by atoms with van der Waals surface area (Å²) in [6, 6.07) is 23.9. The van der Waals surface area contributed by atoms with Crippen molar-refractivity contribution in [2.45, 2.75) is 45.4 Å². The van der Waals surface area contributed by atoms with Crippen LogP contribution in [0.1, 0.15) is 34.1 Å². The normalized spacial score (nSPS) is 13.2. The third-order valence-corrected chi connectivity index (χ3v) is 9.63. The molecule has 3 aromatic carbocycles. The number of aryl methyl sites for hydroxylation is 2. The number of carbonyl (C=O) groups excluding carboxylic acids is 1. The molecular formula is C34H34N4O3S2. The number of nitrogens with one attached hydrogen (secondary N) is 1. The van der Waals surface area contributed by atoms with Gasteiger partial charge in [-0.3, -0.25) is 19.1 Å². The van der Waals surface area contributed by atoms with Crippen LogP contribution in [0.15, 0.2) is 82.7 Å². The zero-order chi connectivity index (χ0) is 29.9. The summed E-state index contributed by atoms with van der Waals surface area (Å²) in [5.74, 6) is 0.716. The number of hydrogen-bond acceptors (Lipinski definition) is 7. The van der Waals surface area contributed by atoms with Crippen LogP contribution in [0, 0.1) is 13.8 Å². The molecule has 43 heavy (non-hydrogen) atoms. The largest absolute Gasteiger partial charge is 0.494 e. The summed E-state index contributed by atoms with van der Waals surface area (Å²) >= 11 is 2.87. The Labute approximate surface area is 259 Å². The van der Waals surface area contributed by atoms with E-state index in [1.165, 1.54) is 22.2 Å². The van der Waals surface area contributed by atoms with Crippen molar-refractivity contribution in [2.24, 2.45) is 0 Å². The van der Waals surface area contributed by atoms with E-state index in [0.717, 1.165) is 59.0 Å². The highest BCUT2D eigenvalue weighted by Crippen LogP contribution is 2.35. The molecule has 0 saturated heterocycles. The van der Waals surface area contributed by atoms with Gasteiger partial charge in [-0.2, -0.15) is 0 Å². The van der Waals surface area contributed by atoms with Crippen molar-refractivity contribution in [3.05, 3.63) is 110 Å². The first-order valence-electron chi connectivity index (χ1n) is 14.5. The number of amides is 1. The van der Waals surface area contributed by atoms with Gasteiger partial charge in [0.25, 0.3) is 5.56 Å². The van der Waals surface area contributed by atoms with Gasteiger partial charge in [-0.25, -0.2) is 4.98 Å². The molecule has 1 amide bonds. The van der Waals surface area contributed by atoms with Crippen molar-refractivity contribution in [1.29, 1.82) is 0 Å². The molecule has 7 nitrogen and oxygen atoms in total. The highest BCUT2D eigenvalue weighted by Gasteiger charge is 2.26. The number of anilines is 1. The molecule has 1 N–H and O–H groups in total. The lowest BCUT2D eigenvalue weighted by molar-refractivity contribution is -0.113. The number of thiophene rings is 1. The van der Waals surface area contributed by atoms with Crippen molar-refractivity contribution in [2.75, 3.05) is 24.2 Å². The van der Waals surface area contributed by atoms with Crippen LogP contribution in [0.2, 0.25) is 0 Å². The Morgan fingerprint density at radius 1 is 1.07 bits per heavy atom. The summed E-state index contributed by atoms with van der Waals surface area (Å²) in [5, 5.41) is 4.21. The fourth-order valence-electron chi connectivity index (χ4n) is 5.42. The van der Waals surface area contributed by atoms with E-state index in [1.807, 2.05) is 69.3 Å². The average Bonchev–Trinajstić information content (AvgIpc) is 3.37. The Hall–Kier alpha value is -3.92. The van der Waals surface area contributed by atoms with Crippen LogP contribution in [0.4, 0.5) is 5.69 Å². The number of benzene rings is 3. The third kappa shape index (κ3) is 6.39. The molecule has 220 valence electrons. The van der Waals surface area contributed by atoms with E-state index in [0.29, 0.717) is 22.8 Å². The second kappa shape index (κ2) is 12.8. The van der Waals surface area contributed by atoms with E-state index < -0.39 is 0 Å². The summed E-state index contributed by atoms with van der Waals surface area (Å²) in [6.07, 6.45) is 0.799. The first kappa shape index (κ1) is 29.2. The van der Waals surface area contributed by atoms with Crippen molar-refractivity contribution in [1.82, 2.24) is 14.5 Å². The van der Waals surface area contributed by atoms with Crippen molar-refractivity contribution >= 4 is 44.9 Å². The number of aromatic nitrogens is 2. The molecule has 3 heterocycles. The monoisotopic (exact) mass is 610 g/mol. The maximum atomic E-state index is 14.3. The summed E-state index contributed by atoms with van der Waals surface area (Å²) < 4.78 is 7.28. The van der Waals surface area contributed by atoms with Gasteiger partial charge >= 0.3 is 0 Å². The molecular weight excluding hydrogens is 577 g/mol. The van der Waals surface area contributed by atoms with Gasteiger partial charge in [0.2, 0.25) is 5.91 Å². The molecule has 2 aromatic heterocycles. The van der Waals surface area contributed by atoms with Gasteiger partial charge < -0.3 is 10.1 Å². The van der Waals surface area contributed by atoms with Crippen molar-refractivity contribution in [3.63, 3.8) is 0 Å². The molecule has 0 unspecified atom stereocenters. The minimum Gasteiger partial charge on any atom is -0.494 e. The maximum Gasteiger partial charge on any atom is 0.267 e. The fraction of sp³-hybridized carbons (Fsp3) is 0.265. The second-order valence-electron chi connectivity index (χ2n) is 10.7. The summed E-state index contributed by atoms with van der Waals surface area (Å²) in [5.41, 5.74) is 5.85. The van der Waals surface area contributed by atoms with Gasteiger partial charge in [0.05, 0.1) is 23.4 Å². The Balaban J connectivity index is 1.33. The molecule has 0 bridgehead atoms. The van der Waals surface area contributed by atoms with Gasteiger partial charge in [-0.05, 0) is 79.8 Å². The highest BCUT2D eigenvalue weighted by molar-refractivity contribution is 7.99. The first-order valence-corrected chi connectivity index (χ1v) is 16.3. The topological polar surface area (TPSA) is 76.5 Å². The van der Waals surface area contributed by atoms with Crippen LogP contribution < -0.4 is 15.6 Å². The molecule has 0 saturated carbocycles. The van der Waals surface area contributed by atoms with Gasteiger partial charge in [0.1, 0.15) is 10.6 Å². The lowest BCUT2D eigenvalue weighted by Gasteiger charge is -2.26. The van der Waals surface area contributed by atoms with E-state index in [9.17, 15) is 9.59 Å². The van der Waals surface area contributed by atoms with Crippen LogP contribution in [-0.2, 0) is 24.3 Å². The Morgan fingerprint density at radius 2 is 1.86 bits per heavy atom. The summed E-state index contributed by atoms with van der Waals surface area (Å²) in [4.78, 5) is 36.7. The van der Waals surface area contributed by atoms with Gasteiger partial charge in [-0.15, -0.1) is 11.3 Å². The number of carbonyl (C=O) groups is 1. The molecule has 0 radical (unpaired) electrons. The minimum absolute atomic E-state index is 0.0967. The number of thioether (sulfide) groups is 1. The van der Waals surface area contributed by atoms with E-state index in [2.05, 4.69) is 34.5 Å². The molecule has 0 spiro atoms. The minimum atomic E-state index is -0.145. The number of rotatable bonds is 9. The predicted octanol–water partition coefficient (Wildman–Crippen LogP) is 6.75. The number of hydrogen-bond donors (Lipinski definition) is 1. The zero-order valence-corrected chi connectivity index (χ0v) is 26.2. The average molecular weight is 611 g/mol. The van der Waals surface area contributed by atoms with Crippen LogP contribution in [-0.4, -0.2) is 39.3 Å². The summed E-state index contributed by atoms with van der Waals surface area (Å²) in [7, 11) is 0. The molecule has 6 rings (SSSR count). The number of fused-ring (bicyclic) bond motifs is 3. The van der Waals surface area contributed by atoms with Crippen molar-refractivity contribution in [3.8, 4) is 11.4 Å². The van der Waals surface area contributed by atoms with E-state index in [1.54, 1.807) is 15.9 Å². The standard InChI is InChI=1S/C34H34N4O3S2/c1-4-41-26-14-12-25(13-15-26)38-33(40)31-27-16-17-37(19-24-8-6-5-7-9-24)20-29(27)43-32(31)36-34(38)42-21-30(39)35-28-18-22(2)10-11-23(28)3/h5-15,18H,4,16-17,19-21H2,1-3H3,(H,35,39). The zero-order valence-electron chi connectivity index (χ0n) is 24.6. The number of nitrogens with zero attached hydrogens (tertiary/aromatic N) is 3. The molecule has 1 aliphatic rings. The van der Waals surface area contributed by atoms with Crippen LogP contribution in [0.25, 0.3) is 15.9 Å². The molecule has 0 aliphatic carbocycles. The van der Waals surface area contributed by atoms with Gasteiger partial charge in [0, 0.05) is 30.2 Å². The van der Waals surface area contributed by atoms with E-state index in [-0.39, 0.29) is 17.2 Å². The molecule has 0 atom stereocenters. The Bertz CT molecular complexity index is 1830.